The molecule has 2 fully saturated rings. The number of rotatable bonds is 5. The van der Waals surface area contributed by atoms with Crippen molar-refractivity contribution < 1.29 is 0 Å². The molecule has 2 rings (SSSR count). The normalized spacial score (nSPS) is 33.4. The number of piperidine rings is 1. The highest BCUT2D eigenvalue weighted by molar-refractivity contribution is 4.96. The van der Waals surface area contributed by atoms with Crippen molar-refractivity contribution in [2.45, 2.75) is 70.4 Å². The lowest BCUT2D eigenvalue weighted by Gasteiger charge is -2.44. The van der Waals surface area contributed by atoms with E-state index in [1.807, 2.05) is 0 Å². The van der Waals surface area contributed by atoms with Crippen LogP contribution in [-0.2, 0) is 0 Å². The van der Waals surface area contributed by atoms with Gasteiger partial charge in [-0.05, 0) is 51.0 Å². The van der Waals surface area contributed by atoms with E-state index in [0.29, 0.717) is 5.54 Å². The molecule has 2 aliphatic rings. The zero-order valence-corrected chi connectivity index (χ0v) is 11.0. The van der Waals surface area contributed by atoms with Crippen LogP contribution in [0.4, 0.5) is 0 Å². The van der Waals surface area contributed by atoms with Gasteiger partial charge in [-0.25, -0.2) is 0 Å². The van der Waals surface area contributed by atoms with Crippen molar-refractivity contribution >= 4 is 0 Å². The highest BCUT2D eigenvalue weighted by Gasteiger charge is 2.35. The van der Waals surface area contributed by atoms with Gasteiger partial charge in [0, 0.05) is 18.1 Å². The molecule has 1 aliphatic carbocycles. The molecule has 1 heterocycles. The van der Waals surface area contributed by atoms with Crippen LogP contribution < -0.4 is 10.6 Å². The molecule has 0 aromatic rings. The molecule has 0 spiro atoms. The molecule has 1 saturated carbocycles. The van der Waals surface area contributed by atoms with Gasteiger partial charge in [-0.2, -0.15) is 0 Å². The molecule has 2 N–H and O–H groups in total. The summed E-state index contributed by atoms with van der Waals surface area (Å²) in [5.74, 6) is 0.965. The molecule has 1 aliphatic heterocycles. The van der Waals surface area contributed by atoms with Gasteiger partial charge in [-0.3, -0.25) is 0 Å². The first-order chi connectivity index (χ1) is 7.78. The zero-order valence-electron chi connectivity index (χ0n) is 11.0. The summed E-state index contributed by atoms with van der Waals surface area (Å²) in [6.07, 6.45) is 9.64. The van der Waals surface area contributed by atoms with E-state index >= 15 is 0 Å². The van der Waals surface area contributed by atoms with E-state index in [0.717, 1.165) is 12.0 Å². The quantitative estimate of drug-likeness (QED) is 0.750. The molecule has 0 aromatic carbocycles. The highest BCUT2D eigenvalue weighted by Crippen LogP contribution is 2.34. The van der Waals surface area contributed by atoms with Crippen LogP contribution in [0.1, 0.15) is 58.8 Å². The maximum Gasteiger partial charge on any atom is 0.0195 e. The van der Waals surface area contributed by atoms with Gasteiger partial charge < -0.3 is 10.6 Å². The zero-order chi connectivity index (χ0) is 11.4. The summed E-state index contributed by atoms with van der Waals surface area (Å²) in [5.41, 5.74) is 0.515. The minimum atomic E-state index is 0.515. The second-order valence-corrected chi connectivity index (χ2v) is 5.82. The highest BCUT2D eigenvalue weighted by atomic mass is 15.0. The Morgan fingerprint density at radius 3 is 2.69 bits per heavy atom. The molecule has 16 heavy (non-hydrogen) atoms. The molecule has 2 atom stereocenters. The fourth-order valence-electron chi connectivity index (χ4n) is 3.22. The molecule has 0 radical (unpaired) electrons. The lowest BCUT2D eigenvalue weighted by atomic mass is 9.74. The van der Waals surface area contributed by atoms with Gasteiger partial charge in [0.1, 0.15) is 0 Å². The molecule has 2 unspecified atom stereocenters. The maximum atomic E-state index is 3.83. The predicted octanol–water partition coefficient (Wildman–Crippen LogP) is 2.69. The Kier molecular flexibility index (Phi) is 4.26. The second-order valence-electron chi connectivity index (χ2n) is 5.82. The Bertz CT molecular complexity index is 205. The van der Waals surface area contributed by atoms with E-state index in [-0.39, 0.29) is 0 Å². The molecule has 2 heteroatoms. The van der Waals surface area contributed by atoms with Crippen LogP contribution in [0.15, 0.2) is 0 Å². The molecular formula is C14H28N2. The summed E-state index contributed by atoms with van der Waals surface area (Å²) in [6, 6.07) is 0.725. The first-order valence-electron chi connectivity index (χ1n) is 7.26. The second kappa shape index (κ2) is 5.50. The lowest BCUT2D eigenvalue weighted by Crippen LogP contribution is -2.55. The monoisotopic (exact) mass is 224 g/mol. The third kappa shape index (κ3) is 2.78. The van der Waals surface area contributed by atoms with Gasteiger partial charge >= 0.3 is 0 Å². The topological polar surface area (TPSA) is 24.1 Å². The third-order valence-electron chi connectivity index (χ3n) is 4.89. The Morgan fingerprint density at radius 1 is 1.31 bits per heavy atom. The van der Waals surface area contributed by atoms with Gasteiger partial charge in [0.05, 0.1) is 0 Å². The van der Waals surface area contributed by atoms with Crippen LogP contribution in [0.2, 0.25) is 0 Å². The van der Waals surface area contributed by atoms with Crippen LogP contribution in [0, 0.1) is 5.92 Å². The van der Waals surface area contributed by atoms with E-state index in [1.165, 1.54) is 58.0 Å². The van der Waals surface area contributed by atoms with Crippen LogP contribution in [0.5, 0.6) is 0 Å². The van der Waals surface area contributed by atoms with E-state index in [2.05, 4.69) is 24.5 Å². The van der Waals surface area contributed by atoms with Crippen molar-refractivity contribution in [1.82, 2.24) is 10.6 Å². The summed E-state index contributed by atoms with van der Waals surface area (Å²) in [6.45, 7) is 7.07. The largest absolute Gasteiger partial charge is 0.313 e. The summed E-state index contributed by atoms with van der Waals surface area (Å²) in [5, 5.41) is 7.50. The number of hydrogen-bond acceptors (Lipinski definition) is 2. The molecular weight excluding hydrogens is 196 g/mol. The Labute approximate surface area is 101 Å². The smallest absolute Gasteiger partial charge is 0.0195 e. The van der Waals surface area contributed by atoms with Gasteiger partial charge in [0.15, 0.2) is 0 Å². The van der Waals surface area contributed by atoms with Gasteiger partial charge in [-0.15, -0.1) is 0 Å². The first kappa shape index (κ1) is 12.4. The average Bonchev–Trinajstić information content (AvgIpc) is 2.29. The molecule has 94 valence electrons. The van der Waals surface area contributed by atoms with Gasteiger partial charge in [0.25, 0.3) is 0 Å². The van der Waals surface area contributed by atoms with Crippen molar-refractivity contribution in [1.29, 1.82) is 0 Å². The SMILES string of the molecule is CCC1CCNC(CNC2(CC)CCC2)C1. The standard InChI is InChI=1S/C14H28N2/c1-3-12-6-9-15-13(10-12)11-16-14(4-2)7-5-8-14/h12-13,15-16H,3-11H2,1-2H3. The van der Waals surface area contributed by atoms with Gasteiger partial charge in [-0.1, -0.05) is 20.3 Å². The molecule has 0 aromatic heterocycles. The summed E-state index contributed by atoms with van der Waals surface area (Å²) >= 11 is 0. The predicted molar refractivity (Wildman–Crippen MR) is 69.7 cm³/mol. The summed E-state index contributed by atoms with van der Waals surface area (Å²) in [7, 11) is 0. The van der Waals surface area contributed by atoms with Crippen LogP contribution in [0.3, 0.4) is 0 Å². The van der Waals surface area contributed by atoms with Crippen molar-refractivity contribution in [3.63, 3.8) is 0 Å². The number of hydrogen-bond donors (Lipinski definition) is 2. The van der Waals surface area contributed by atoms with E-state index in [1.54, 1.807) is 0 Å². The van der Waals surface area contributed by atoms with Crippen molar-refractivity contribution in [2.75, 3.05) is 13.1 Å². The van der Waals surface area contributed by atoms with E-state index in [4.69, 9.17) is 0 Å². The van der Waals surface area contributed by atoms with E-state index in [9.17, 15) is 0 Å². The Morgan fingerprint density at radius 2 is 2.12 bits per heavy atom. The van der Waals surface area contributed by atoms with Crippen LogP contribution in [0.25, 0.3) is 0 Å². The molecule has 2 nitrogen and oxygen atoms in total. The van der Waals surface area contributed by atoms with Crippen molar-refractivity contribution in [2.24, 2.45) is 5.92 Å². The van der Waals surface area contributed by atoms with Crippen LogP contribution >= 0.6 is 0 Å². The molecule has 1 saturated heterocycles. The summed E-state index contributed by atoms with van der Waals surface area (Å²) < 4.78 is 0. The minimum Gasteiger partial charge on any atom is -0.313 e. The fourth-order valence-corrected chi connectivity index (χ4v) is 3.22. The van der Waals surface area contributed by atoms with Crippen molar-refractivity contribution in [3.05, 3.63) is 0 Å². The third-order valence-corrected chi connectivity index (χ3v) is 4.89. The Balaban J connectivity index is 1.72. The van der Waals surface area contributed by atoms with Crippen LogP contribution in [-0.4, -0.2) is 24.7 Å². The average molecular weight is 224 g/mol. The summed E-state index contributed by atoms with van der Waals surface area (Å²) in [4.78, 5) is 0. The lowest BCUT2D eigenvalue weighted by molar-refractivity contribution is 0.162. The maximum absolute atomic E-state index is 3.83. The van der Waals surface area contributed by atoms with Gasteiger partial charge in [0.2, 0.25) is 0 Å². The molecule has 0 bridgehead atoms. The molecule has 0 amide bonds. The number of nitrogens with one attached hydrogen (secondary N) is 2. The van der Waals surface area contributed by atoms with E-state index < -0.39 is 0 Å². The van der Waals surface area contributed by atoms with Crippen molar-refractivity contribution in [3.8, 4) is 0 Å². The minimum absolute atomic E-state index is 0.515. The first-order valence-corrected chi connectivity index (χ1v) is 7.26. The Hall–Kier alpha value is -0.0800. The fraction of sp³-hybridized carbons (Fsp3) is 1.00.